The first-order valence-corrected chi connectivity index (χ1v) is 17.4. The molecule has 2 aliphatic rings. The molecule has 2 heterocycles. The molecule has 2 N–H and O–H groups in total. The van der Waals surface area contributed by atoms with Crippen LogP contribution in [-0.4, -0.2) is 46.7 Å². The van der Waals surface area contributed by atoms with Gasteiger partial charge in [0.1, 0.15) is 6.10 Å². The Labute approximate surface area is 246 Å². The van der Waals surface area contributed by atoms with Crippen LogP contribution in [-0.2, 0) is 14.3 Å². The summed E-state index contributed by atoms with van der Waals surface area (Å²) >= 11 is 0. The molecule has 234 valence electrons. The minimum atomic E-state index is -0.382. The first-order valence-electron chi connectivity index (χ1n) is 17.4. The van der Waals surface area contributed by atoms with Crippen molar-refractivity contribution in [3.05, 3.63) is 11.6 Å². The molecule has 0 aliphatic carbocycles. The van der Waals surface area contributed by atoms with Crippen molar-refractivity contribution in [2.45, 2.75) is 205 Å². The second kappa shape index (κ2) is 22.7. The molecule has 0 bridgehead atoms. The first kappa shape index (κ1) is 35.3. The molecule has 0 radical (unpaired) electrons. The molecule has 2 aliphatic heterocycles. The highest BCUT2D eigenvalue weighted by Gasteiger charge is 2.34. The molecular formula is C35H64O5. The molecule has 0 unspecified atom stereocenters. The minimum absolute atomic E-state index is 0.0384. The molecule has 1 fully saturated rings. The molecule has 0 amide bonds. The van der Waals surface area contributed by atoms with Crippen LogP contribution < -0.4 is 0 Å². The Kier molecular flexibility index (Phi) is 20.0. The van der Waals surface area contributed by atoms with Crippen LogP contribution in [0.5, 0.6) is 0 Å². The lowest BCUT2D eigenvalue weighted by Crippen LogP contribution is -2.31. The summed E-state index contributed by atoms with van der Waals surface area (Å²) in [6.07, 6.45) is 30.6. The van der Waals surface area contributed by atoms with Crippen LogP contribution in [0.1, 0.15) is 174 Å². The summed E-state index contributed by atoms with van der Waals surface area (Å²) in [6, 6.07) is 0. The van der Waals surface area contributed by atoms with Gasteiger partial charge in [0.05, 0.1) is 24.4 Å². The zero-order valence-electron chi connectivity index (χ0n) is 26.3. The maximum Gasteiger partial charge on any atom is 0.334 e. The van der Waals surface area contributed by atoms with Gasteiger partial charge in [0.2, 0.25) is 0 Å². The number of cyclic esters (lactones) is 1. The molecule has 0 aromatic carbocycles. The fourth-order valence-electron chi connectivity index (χ4n) is 6.37. The van der Waals surface area contributed by atoms with Gasteiger partial charge in [0, 0.05) is 5.57 Å². The van der Waals surface area contributed by atoms with E-state index in [-0.39, 0.29) is 36.5 Å². The maximum absolute atomic E-state index is 11.6. The lowest BCUT2D eigenvalue weighted by molar-refractivity contribution is -0.139. The van der Waals surface area contributed by atoms with Crippen molar-refractivity contribution in [1.82, 2.24) is 0 Å². The Balaban J connectivity index is 1.33. The van der Waals surface area contributed by atoms with E-state index in [2.05, 4.69) is 6.92 Å². The van der Waals surface area contributed by atoms with Crippen LogP contribution >= 0.6 is 0 Å². The highest BCUT2D eigenvalue weighted by molar-refractivity contribution is 5.90. The predicted octanol–water partition coefficient (Wildman–Crippen LogP) is 9.12. The lowest BCUT2D eigenvalue weighted by atomic mass is 10.00. The highest BCUT2D eigenvalue weighted by Crippen LogP contribution is 2.28. The van der Waals surface area contributed by atoms with E-state index in [9.17, 15) is 15.0 Å². The van der Waals surface area contributed by atoms with Crippen molar-refractivity contribution in [2.24, 2.45) is 0 Å². The molecule has 2 rings (SSSR count). The minimum Gasteiger partial charge on any atom is -0.455 e. The van der Waals surface area contributed by atoms with Crippen molar-refractivity contribution >= 4 is 5.97 Å². The van der Waals surface area contributed by atoms with Gasteiger partial charge in [-0.1, -0.05) is 129 Å². The lowest BCUT2D eigenvalue weighted by Gasteiger charge is -2.22. The van der Waals surface area contributed by atoms with Crippen molar-refractivity contribution in [1.29, 1.82) is 0 Å². The van der Waals surface area contributed by atoms with Crippen LogP contribution in [0.25, 0.3) is 0 Å². The van der Waals surface area contributed by atoms with E-state index in [0.717, 1.165) is 56.9 Å². The van der Waals surface area contributed by atoms with Crippen molar-refractivity contribution < 1.29 is 24.5 Å². The zero-order chi connectivity index (χ0) is 28.8. The molecule has 0 saturated carbocycles. The number of carbonyl (C=O) groups is 1. The van der Waals surface area contributed by atoms with Crippen LogP contribution in [0, 0.1) is 0 Å². The fourth-order valence-corrected chi connectivity index (χ4v) is 6.37. The second-order valence-electron chi connectivity index (χ2n) is 12.8. The number of ether oxygens (including phenoxy) is 2. The van der Waals surface area contributed by atoms with Crippen molar-refractivity contribution in [3.8, 4) is 0 Å². The second-order valence-corrected chi connectivity index (χ2v) is 12.8. The average molecular weight is 565 g/mol. The van der Waals surface area contributed by atoms with E-state index in [1.807, 2.05) is 13.0 Å². The van der Waals surface area contributed by atoms with Gasteiger partial charge in [-0.05, 0) is 51.5 Å². The quantitative estimate of drug-likeness (QED) is 0.0809. The summed E-state index contributed by atoms with van der Waals surface area (Å²) < 4.78 is 11.2. The number of rotatable bonds is 26. The van der Waals surface area contributed by atoms with E-state index in [4.69, 9.17) is 9.47 Å². The summed E-state index contributed by atoms with van der Waals surface area (Å²) in [6.45, 7) is 4.17. The molecule has 0 aromatic heterocycles. The molecule has 40 heavy (non-hydrogen) atoms. The number of aliphatic hydroxyl groups excluding tert-OH is 2. The van der Waals surface area contributed by atoms with Crippen molar-refractivity contribution in [2.75, 3.05) is 0 Å². The molecule has 0 aromatic rings. The number of hydrogen-bond donors (Lipinski definition) is 2. The number of unbranched alkanes of at least 4 members (excludes halogenated alkanes) is 18. The van der Waals surface area contributed by atoms with E-state index >= 15 is 0 Å². The van der Waals surface area contributed by atoms with Gasteiger partial charge in [-0.2, -0.15) is 0 Å². The SMILES string of the molecule is CCCCCCCCCC[C@@H](O)[C@H]1CC[C@H]([C@H](O)CCCCCCCCCCCCCCC2=C[C@H](C)OC2=O)O1. The average Bonchev–Trinajstić information content (AvgIpc) is 3.56. The number of esters is 1. The summed E-state index contributed by atoms with van der Waals surface area (Å²) in [5.74, 6) is -0.111. The summed E-state index contributed by atoms with van der Waals surface area (Å²) in [4.78, 5) is 11.6. The Morgan fingerprint density at radius 2 is 1.07 bits per heavy atom. The highest BCUT2D eigenvalue weighted by atomic mass is 16.5. The predicted molar refractivity (Wildman–Crippen MR) is 165 cm³/mol. The van der Waals surface area contributed by atoms with Crippen LogP contribution in [0.15, 0.2) is 11.6 Å². The summed E-state index contributed by atoms with van der Waals surface area (Å²) in [7, 11) is 0. The largest absolute Gasteiger partial charge is 0.455 e. The fraction of sp³-hybridized carbons (Fsp3) is 0.914. The molecule has 5 heteroatoms. The third-order valence-corrected chi connectivity index (χ3v) is 8.98. The standard InChI is InChI=1S/C35H64O5/c1-3-4-5-6-7-15-18-21-24-31(36)33-26-27-34(40-33)32(37)25-22-19-16-13-11-9-8-10-12-14-17-20-23-30-28-29(2)39-35(30)38/h28-29,31-34,36-37H,3-27H2,1-2H3/t29-,31+,32+,33+,34+/m0/s1. The van der Waals surface area contributed by atoms with Gasteiger partial charge in [-0.3, -0.25) is 0 Å². The van der Waals surface area contributed by atoms with Gasteiger partial charge < -0.3 is 19.7 Å². The van der Waals surface area contributed by atoms with E-state index in [0.29, 0.717) is 0 Å². The number of aliphatic hydroxyl groups is 2. The van der Waals surface area contributed by atoms with Gasteiger partial charge in [0.15, 0.2) is 0 Å². The van der Waals surface area contributed by atoms with Crippen molar-refractivity contribution in [3.63, 3.8) is 0 Å². The van der Waals surface area contributed by atoms with Crippen LogP contribution in [0.4, 0.5) is 0 Å². The van der Waals surface area contributed by atoms with E-state index in [1.54, 1.807) is 0 Å². The van der Waals surface area contributed by atoms with E-state index in [1.165, 1.54) is 109 Å². The topological polar surface area (TPSA) is 76.0 Å². The maximum atomic E-state index is 11.6. The molecule has 5 atom stereocenters. The third-order valence-electron chi connectivity index (χ3n) is 8.98. The molecular weight excluding hydrogens is 500 g/mol. The summed E-state index contributed by atoms with van der Waals surface area (Å²) in [5.41, 5.74) is 0.877. The molecule has 0 spiro atoms. The summed E-state index contributed by atoms with van der Waals surface area (Å²) in [5, 5.41) is 21.2. The molecule has 1 saturated heterocycles. The Hall–Kier alpha value is -0.910. The Bertz CT molecular complexity index is 662. The zero-order valence-corrected chi connectivity index (χ0v) is 26.3. The van der Waals surface area contributed by atoms with Crippen LogP contribution in [0.3, 0.4) is 0 Å². The smallest absolute Gasteiger partial charge is 0.334 e. The van der Waals surface area contributed by atoms with E-state index < -0.39 is 0 Å². The third kappa shape index (κ3) is 15.9. The Morgan fingerprint density at radius 1 is 0.675 bits per heavy atom. The number of carbonyl (C=O) groups excluding carboxylic acids is 1. The normalized spacial score (nSPS) is 22.4. The Morgan fingerprint density at radius 3 is 1.48 bits per heavy atom. The monoisotopic (exact) mass is 564 g/mol. The van der Waals surface area contributed by atoms with Gasteiger partial charge in [-0.15, -0.1) is 0 Å². The number of hydrogen-bond acceptors (Lipinski definition) is 5. The van der Waals surface area contributed by atoms with Gasteiger partial charge >= 0.3 is 5.97 Å². The van der Waals surface area contributed by atoms with Gasteiger partial charge in [0.25, 0.3) is 0 Å². The van der Waals surface area contributed by atoms with Crippen LogP contribution in [0.2, 0.25) is 0 Å². The van der Waals surface area contributed by atoms with Gasteiger partial charge in [-0.25, -0.2) is 4.79 Å². The first-order chi connectivity index (χ1) is 19.5. The molecule has 5 nitrogen and oxygen atoms in total.